The van der Waals surface area contributed by atoms with Crippen molar-refractivity contribution < 1.29 is 27.7 Å². The number of rotatable bonds is 5. The van der Waals surface area contributed by atoms with Crippen LogP contribution in [0.2, 0.25) is 0 Å². The van der Waals surface area contributed by atoms with Crippen LogP contribution in [0.1, 0.15) is 26.3 Å². The van der Waals surface area contributed by atoms with Crippen LogP contribution in [0.3, 0.4) is 0 Å². The van der Waals surface area contributed by atoms with E-state index >= 15 is 0 Å². The van der Waals surface area contributed by atoms with Crippen LogP contribution >= 0.6 is 0 Å². The summed E-state index contributed by atoms with van der Waals surface area (Å²) in [4.78, 5) is 25.0. The van der Waals surface area contributed by atoms with Gasteiger partial charge in [-0.1, -0.05) is 42.5 Å². The smallest absolute Gasteiger partial charge is 0.336 e. The monoisotopic (exact) mass is 505 g/mol. The van der Waals surface area contributed by atoms with Crippen LogP contribution in [0.15, 0.2) is 84.9 Å². The quantitative estimate of drug-likeness (QED) is 0.153. The predicted molar refractivity (Wildman–Crippen MR) is 139 cm³/mol. The molecule has 0 aliphatic heterocycles. The fourth-order valence-corrected chi connectivity index (χ4v) is 3.49. The maximum atomic E-state index is 13.0. The Kier molecular flexibility index (Phi) is 7.83. The molecular weight excluding hydrogens is 482 g/mol. The van der Waals surface area contributed by atoms with E-state index in [-0.39, 0.29) is 17.3 Å². The number of hydrogen-bond donors (Lipinski definition) is 5. The van der Waals surface area contributed by atoms with Crippen LogP contribution in [0, 0.1) is 5.41 Å². The van der Waals surface area contributed by atoms with Gasteiger partial charge in [-0.25, -0.2) is 4.79 Å². The lowest BCUT2D eigenvalue weighted by molar-refractivity contribution is 0.0697. The molecule has 4 rings (SSSR count). The standard InChI is InChI=1S/C25H19N3O3.CH4O3S/c26-23(27)15-9-11-18(12-10-15)28-24(29)20-8-4-3-7-19(20)21-13-16-5-1-2-6-17(16)14-22(21)25(30)31;1-5(2,3)4/h1-14H,(H3,26,27)(H,28,29)(H,30,31);1H3,(H,2,3,4). The molecule has 184 valence electrons. The number of anilines is 1. The summed E-state index contributed by atoms with van der Waals surface area (Å²) in [5.74, 6) is -1.48. The number of carbonyl (C=O) groups is 2. The van der Waals surface area contributed by atoms with Gasteiger partial charge in [0.15, 0.2) is 0 Å². The van der Waals surface area contributed by atoms with E-state index in [0.717, 1.165) is 10.8 Å². The van der Waals surface area contributed by atoms with E-state index in [4.69, 9.17) is 15.7 Å². The number of carboxylic acids is 1. The number of nitrogen functional groups attached to an aromatic ring is 1. The zero-order valence-corrected chi connectivity index (χ0v) is 19.9. The highest BCUT2D eigenvalue weighted by atomic mass is 32.2. The molecule has 0 aliphatic carbocycles. The molecule has 1 amide bonds. The number of amidine groups is 1. The number of nitrogens with two attached hydrogens (primary N) is 1. The van der Waals surface area contributed by atoms with E-state index < -0.39 is 16.1 Å². The van der Waals surface area contributed by atoms with Crippen LogP contribution < -0.4 is 11.1 Å². The van der Waals surface area contributed by atoms with Crippen LogP contribution in [0.5, 0.6) is 0 Å². The van der Waals surface area contributed by atoms with Crippen LogP contribution in [-0.2, 0) is 10.1 Å². The molecule has 0 unspecified atom stereocenters. The lowest BCUT2D eigenvalue weighted by Gasteiger charge is -2.14. The Balaban J connectivity index is 0.000000658. The Morgan fingerprint density at radius 3 is 1.92 bits per heavy atom. The highest BCUT2D eigenvalue weighted by Crippen LogP contribution is 2.32. The third-order valence-corrected chi connectivity index (χ3v) is 5.03. The molecule has 0 heterocycles. The van der Waals surface area contributed by atoms with Crippen molar-refractivity contribution in [3.63, 3.8) is 0 Å². The summed E-state index contributed by atoms with van der Waals surface area (Å²) in [6, 6.07) is 24.5. The number of benzene rings is 4. The van der Waals surface area contributed by atoms with E-state index in [1.165, 1.54) is 0 Å². The predicted octanol–water partition coefficient (Wildman–Crippen LogP) is 4.25. The van der Waals surface area contributed by atoms with Crippen molar-refractivity contribution in [1.82, 2.24) is 0 Å². The molecule has 4 aromatic carbocycles. The Labute approximate surface area is 207 Å². The van der Waals surface area contributed by atoms with Crippen molar-refractivity contribution >= 4 is 44.3 Å². The summed E-state index contributed by atoms with van der Waals surface area (Å²) < 4.78 is 25.9. The first-order valence-electron chi connectivity index (χ1n) is 10.5. The molecule has 0 radical (unpaired) electrons. The van der Waals surface area contributed by atoms with Crippen molar-refractivity contribution in [2.75, 3.05) is 11.6 Å². The molecule has 0 aromatic heterocycles. The Hall–Kier alpha value is -4.54. The number of carboxylic acid groups (broad SMARTS) is 1. The molecule has 0 saturated heterocycles. The second-order valence-electron chi connectivity index (χ2n) is 7.77. The van der Waals surface area contributed by atoms with E-state index in [1.54, 1.807) is 60.7 Å². The molecule has 10 heteroatoms. The summed E-state index contributed by atoms with van der Waals surface area (Å²) in [5.41, 5.74) is 8.06. The first-order valence-corrected chi connectivity index (χ1v) is 12.3. The maximum Gasteiger partial charge on any atom is 0.336 e. The van der Waals surface area contributed by atoms with Crippen molar-refractivity contribution in [3.8, 4) is 11.1 Å². The molecular formula is C26H23N3O6S. The van der Waals surface area contributed by atoms with Gasteiger partial charge in [-0.15, -0.1) is 0 Å². The molecule has 0 saturated carbocycles. The molecule has 9 nitrogen and oxygen atoms in total. The average molecular weight is 506 g/mol. The molecule has 0 bridgehead atoms. The van der Waals surface area contributed by atoms with Gasteiger partial charge in [-0.2, -0.15) is 8.42 Å². The minimum atomic E-state index is -3.67. The lowest BCUT2D eigenvalue weighted by Crippen LogP contribution is -2.14. The number of carbonyl (C=O) groups excluding carboxylic acids is 1. The van der Waals surface area contributed by atoms with E-state index in [1.807, 2.05) is 24.3 Å². The van der Waals surface area contributed by atoms with Gasteiger partial charge in [-0.3, -0.25) is 14.8 Å². The third kappa shape index (κ3) is 6.75. The van der Waals surface area contributed by atoms with Gasteiger partial charge in [0.25, 0.3) is 16.0 Å². The van der Waals surface area contributed by atoms with Crippen molar-refractivity contribution in [1.29, 1.82) is 5.41 Å². The summed E-state index contributed by atoms with van der Waals surface area (Å²) in [7, 11) is -3.67. The number of amides is 1. The highest BCUT2D eigenvalue weighted by molar-refractivity contribution is 7.85. The van der Waals surface area contributed by atoms with Crippen LogP contribution in [-0.4, -0.2) is 42.0 Å². The maximum absolute atomic E-state index is 13.0. The van der Waals surface area contributed by atoms with Gasteiger partial charge >= 0.3 is 5.97 Å². The van der Waals surface area contributed by atoms with E-state index in [0.29, 0.717) is 34.2 Å². The first-order chi connectivity index (χ1) is 16.9. The number of hydrogen-bond acceptors (Lipinski definition) is 5. The summed E-state index contributed by atoms with van der Waals surface area (Å²) >= 11 is 0. The fourth-order valence-electron chi connectivity index (χ4n) is 3.49. The molecule has 0 spiro atoms. The summed E-state index contributed by atoms with van der Waals surface area (Å²) in [6.07, 6.45) is 0.715. The summed E-state index contributed by atoms with van der Waals surface area (Å²) in [5, 5.41) is 21.8. The molecule has 6 N–H and O–H groups in total. The molecule has 0 atom stereocenters. The lowest BCUT2D eigenvalue weighted by atomic mass is 9.92. The van der Waals surface area contributed by atoms with E-state index in [2.05, 4.69) is 5.32 Å². The van der Waals surface area contributed by atoms with Gasteiger partial charge in [0.05, 0.1) is 11.8 Å². The van der Waals surface area contributed by atoms with Crippen molar-refractivity contribution in [2.24, 2.45) is 5.73 Å². The second-order valence-corrected chi connectivity index (χ2v) is 9.24. The molecule has 0 fully saturated rings. The average Bonchev–Trinajstić information content (AvgIpc) is 2.82. The number of nitrogens with one attached hydrogen (secondary N) is 2. The van der Waals surface area contributed by atoms with Gasteiger partial charge in [0.2, 0.25) is 0 Å². The van der Waals surface area contributed by atoms with E-state index in [9.17, 15) is 23.1 Å². The normalized spacial score (nSPS) is 10.7. The van der Waals surface area contributed by atoms with Gasteiger partial charge < -0.3 is 16.2 Å². The minimum Gasteiger partial charge on any atom is -0.478 e. The zero-order valence-electron chi connectivity index (χ0n) is 19.1. The fraction of sp³-hybridized carbons (Fsp3) is 0.0385. The highest BCUT2D eigenvalue weighted by Gasteiger charge is 2.19. The largest absolute Gasteiger partial charge is 0.478 e. The zero-order chi connectivity index (χ0) is 26.5. The number of fused-ring (bicyclic) bond motifs is 1. The molecule has 4 aromatic rings. The van der Waals surface area contributed by atoms with Gasteiger partial charge in [0, 0.05) is 16.8 Å². The Bertz CT molecular complexity index is 1560. The topological polar surface area (TPSA) is 171 Å². The van der Waals surface area contributed by atoms with Gasteiger partial charge in [0.1, 0.15) is 5.84 Å². The van der Waals surface area contributed by atoms with Gasteiger partial charge in [-0.05, 0) is 64.4 Å². The van der Waals surface area contributed by atoms with Crippen LogP contribution in [0.25, 0.3) is 21.9 Å². The minimum absolute atomic E-state index is 0.0549. The SMILES string of the molecule is CS(=O)(=O)O.N=C(N)c1ccc(NC(=O)c2ccccc2-c2cc3ccccc3cc2C(=O)O)cc1. The Morgan fingerprint density at radius 1 is 0.833 bits per heavy atom. The first kappa shape index (κ1) is 26.1. The Morgan fingerprint density at radius 2 is 1.36 bits per heavy atom. The second kappa shape index (κ2) is 10.8. The molecule has 36 heavy (non-hydrogen) atoms. The third-order valence-electron chi connectivity index (χ3n) is 5.03. The summed E-state index contributed by atoms with van der Waals surface area (Å²) in [6.45, 7) is 0. The van der Waals surface area contributed by atoms with Crippen molar-refractivity contribution in [3.05, 3.63) is 102 Å². The van der Waals surface area contributed by atoms with Crippen LogP contribution in [0.4, 0.5) is 5.69 Å². The molecule has 0 aliphatic rings. The van der Waals surface area contributed by atoms with Crippen molar-refractivity contribution in [2.45, 2.75) is 0 Å². The number of aromatic carboxylic acids is 1.